The van der Waals surface area contributed by atoms with Gasteiger partial charge in [-0.2, -0.15) is 4.98 Å². The molecule has 108 valence electrons. The molecule has 0 bridgehead atoms. The number of aromatic nitrogens is 2. The van der Waals surface area contributed by atoms with Gasteiger partial charge in [0.05, 0.1) is 11.1 Å². The van der Waals surface area contributed by atoms with Crippen LogP contribution < -0.4 is 0 Å². The van der Waals surface area contributed by atoms with Crippen LogP contribution in [0.25, 0.3) is 0 Å². The zero-order valence-corrected chi connectivity index (χ0v) is 13.0. The Bertz CT molecular complexity index is 672. The maximum absolute atomic E-state index is 9.53. The molecule has 0 fully saturated rings. The monoisotopic (exact) mass is 319 g/mol. The Morgan fingerprint density at radius 3 is 2.90 bits per heavy atom. The van der Waals surface area contributed by atoms with E-state index in [4.69, 9.17) is 11.6 Å². The summed E-state index contributed by atoms with van der Waals surface area (Å²) in [4.78, 5) is 12.7. The van der Waals surface area contributed by atoms with Gasteiger partial charge in [0.15, 0.2) is 5.16 Å². The number of nitrogens with zero attached hydrogens (tertiary/aromatic N) is 3. The van der Waals surface area contributed by atoms with Gasteiger partial charge < -0.3 is 5.11 Å². The van der Waals surface area contributed by atoms with E-state index in [2.05, 4.69) is 21.0 Å². The van der Waals surface area contributed by atoms with Crippen LogP contribution in [-0.4, -0.2) is 32.4 Å². The van der Waals surface area contributed by atoms with Crippen LogP contribution in [0.4, 0.5) is 5.69 Å². The molecule has 0 aliphatic carbocycles. The number of hydrogen-bond donors (Lipinski definition) is 1. The number of para-hydroxylation sites is 1. The van der Waals surface area contributed by atoms with Crippen LogP contribution in [0.1, 0.15) is 17.2 Å². The maximum Gasteiger partial charge on any atom is 0.215 e. The quantitative estimate of drug-likeness (QED) is 0.532. The lowest BCUT2D eigenvalue weighted by atomic mass is 9.94. The molecule has 21 heavy (non-hydrogen) atoms. The molecule has 4 nitrogen and oxygen atoms in total. The maximum atomic E-state index is 9.53. The van der Waals surface area contributed by atoms with Crippen molar-refractivity contribution < 1.29 is 5.11 Å². The van der Waals surface area contributed by atoms with Crippen molar-refractivity contribution in [1.82, 2.24) is 9.97 Å². The summed E-state index contributed by atoms with van der Waals surface area (Å²) >= 11 is 7.88. The molecule has 3 rings (SSSR count). The second-order valence-electron chi connectivity index (χ2n) is 4.85. The Morgan fingerprint density at radius 1 is 1.29 bits per heavy atom. The summed E-state index contributed by atoms with van der Waals surface area (Å²) in [6.07, 6.45) is 1.78. The van der Waals surface area contributed by atoms with E-state index in [1.165, 1.54) is 17.8 Å². The van der Waals surface area contributed by atoms with E-state index < -0.39 is 0 Å². The van der Waals surface area contributed by atoms with E-state index in [0.29, 0.717) is 5.16 Å². The summed E-state index contributed by atoms with van der Waals surface area (Å²) in [6.45, 7) is 1.83. The van der Waals surface area contributed by atoms with Crippen molar-refractivity contribution >= 4 is 35.3 Å². The minimum atomic E-state index is -0.147. The van der Waals surface area contributed by atoms with E-state index in [-0.39, 0.29) is 17.2 Å². The lowest BCUT2D eigenvalue weighted by Crippen LogP contribution is -2.20. The summed E-state index contributed by atoms with van der Waals surface area (Å²) < 4.78 is 0. The number of aryl methyl sites for hydroxylation is 1. The summed E-state index contributed by atoms with van der Waals surface area (Å²) in [5, 5.41) is 9.95. The zero-order valence-electron chi connectivity index (χ0n) is 11.4. The first-order valence-electron chi connectivity index (χ1n) is 6.58. The predicted molar refractivity (Wildman–Crippen MR) is 86.1 cm³/mol. The van der Waals surface area contributed by atoms with Gasteiger partial charge in [0.1, 0.15) is 0 Å². The fourth-order valence-electron chi connectivity index (χ4n) is 2.28. The lowest BCUT2D eigenvalue weighted by Gasteiger charge is -2.24. The molecule has 2 aromatic rings. The molecule has 2 unspecified atom stereocenters. The Morgan fingerprint density at radius 2 is 2.10 bits per heavy atom. The fraction of sp³-hybridized carbons (Fsp3) is 0.267. The van der Waals surface area contributed by atoms with Crippen LogP contribution in [0.5, 0.6) is 5.88 Å². The van der Waals surface area contributed by atoms with Crippen molar-refractivity contribution in [2.75, 3.05) is 5.75 Å². The van der Waals surface area contributed by atoms with E-state index in [1.807, 2.05) is 25.1 Å². The highest BCUT2D eigenvalue weighted by Gasteiger charge is 2.26. The Hall–Kier alpha value is -1.59. The lowest BCUT2D eigenvalue weighted by molar-refractivity contribution is 0.444. The van der Waals surface area contributed by atoms with Crippen molar-refractivity contribution in [3.05, 3.63) is 41.6 Å². The topological polar surface area (TPSA) is 58.4 Å². The number of halogens is 1. The number of thioether (sulfide) groups is 1. The van der Waals surface area contributed by atoms with Crippen LogP contribution in [0.15, 0.2) is 40.5 Å². The third kappa shape index (κ3) is 3.19. The van der Waals surface area contributed by atoms with Gasteiger partial charge >= 0.3 is 0 Å². The highest BCUT2D eigenvalue weighted by atomic mass is 35.5. The number of hydrogen-bond acceptors (Lipinski definition) is 5. The first kappa shape index (κ1) is 14.4. The van der Waals surface area contributed by atoms with Gasteiger partial charge in [0.25, 0.3) is 0 Å². The molecule has 2 heterocycles. The second-order valence-corrected chi connectivity index (χ2v) is 6.34. The van der Waals surface area contributed by atoms with Crippen molar-refractivity contribution in [2.45, 2.75) is 23.4 Å². The van der Waals surface area contributed by atoms with Gasteiger partial charge in [0.2, 0.25) is 5.88 Å². The van der Waals surface area contributed by atoms with E-state index in [1.54, 1.807) is 6.21 Å². The molecule has 1 aromatic heterocycles. The van der Waals surface area contributed by atoms with Gasteiger partial charge in [-0.1, -0.05) is 30.0 Å². The van der Waals surface area contributed by atoms with E-state index in [9.17, 15) is 5.11 Å². The minimum absolute atomic E-state index is 0.00182. The molecule has 1 aromatic carbocycles. The molecule has 0 saturated heterocycles. The third-order valence-corrected chi connectivity index (χ3v) is 4.67. The zero-order chi connectivity index (χ0) is 14.8. The molecule has 1 aliphatic heterocycles. The van der Waals surface area contributed by atoms with E-state index in [0.717, 1.165) is 22.7 Å². The molecule has 0 radical (unpaired) electrons. The molecule has 6 heteroatoms. The Kier molecular flexibility index (Phi) is 4.12. The third-order valence-electron chi connectivity index (χ3n) is 3.29. The van der Waals surface area contributed by atoms with Crippen LogP contribution in [0.2, 0.25) is 0 Å². The molecule has 1 aliphatic rings. The van der Waals surface area contributed by atoms with Gasteiger partial charge in [-0.15, -0.1) is 11.6 Å². The Balaban J connectivity index is 1.79. The van der Waals surface area contributed by atoms with Crippen molar-refractivity contribution in [1.29, 1.82) is 0 Å². The van der Waals surface area contributed by atoms with Gasteiger partial charge in [-0.25, -0.2) is 4.98 Å². The smallest absolute Gasteiger partial charge is 0.215 e. The first-order valence-corrected chi connectivity index (χ1v) is 8.00. The molecular formula is C15H14ClN3OS. The summed E-state index contributed by atoms with van der Waals surface area (Å²) in [5.41, 5.74) is 2.86. The van der Waals surface area contributed by atoms with Crippen LogP contribution in [0, 0.1) is 6.92 Å². The summed E-state index contributed by atoms with van der Waals surface area (Å²) in [7, 11) is 0. The standard InChI is InChI=1S/C15H14ClN3OS/c1-9-6-14(20)19-15(18-9)21-8-11-10-4-2-3-5-13(10)17-7-12(11)16/h2-7,11-12H,8H2,1H3,(H,18,19,20). The molecule has 0 amide bonds. The molecular weight excluding hydrogens is 306 g/mol. The highest BCUT2D eigenvalue weighted by molar-refractivity contribution is 7.99. The normalized spacial score (nSPS) is 20.3. The van der Waals surface area contributed by atoms with Crippen LogP contribution >= 0.6 is 23.4 Å². The number of aromatic hydroxyl groups is 1. The fourth-order valence-corrected chi connectivity index (χ4v) is 3.75. The van der Waals surface area contributed by atoms with Gasteiger partial charge in [-0.05, 0) is 18.6 Å². The number of aliphatic imine (C=N–C) groups is 1. The number of alkyl halides is 1. The largest absolute Gasteiger partial charge is 0.493 e. The van der Waals surface area contributed by atoms with E-state index >= 15 is 0 Å². The number of rotatable bonds is 3. The Labute approximate surface area is 132 Å². The van der Waals surface area contributed by atoms with Crippen molar-refractivity contribution in [3.63, 3.8) is 0 Å². The van der Waals surface area contributed by atoms with Crippen molar-refractivity contribution in [3.8, 4) is 5.88 Å². The van der Waals surface area contributed by atoms with Gasteiger partial charge in [-0.3, -0.25) is 4.99 Å². The number of fused-ring (bicyclic) bond motifs is 1. The van der Waals surface area contributed by atoms with Crippen LogP contribution in [0.3, 0.4) is 0 Å². The van der Waals surface area contributed by atoms with Crippen molar-refractivity contribution in [2.24, 2.45) is 4.99 Å². The molecule has 2 atom stereocenters. The number of benzene rings is 1. The van der Waals surface area contributed by atoms with Gasteiger partial charge in [0, 0.05) is 29.6 Å². The average molecular weight is 320 g/mol. The molecule has 1 N–H and O–H groups in total. The minimum Gasteiger partial charge on any atom is -0.493 e. The summed E-state index contributed by atoms with van der Waals surface area (Å²) in [6, 6.07) is 9.55. The summed E-state index contributed by atoms with van der Waals surface area (Å²) in [5.74, 6) is 0.884. The SMILES string of the molecule is Cc1cc(O)nc(SCC2c3ccccc3N=CC2Cl)n1. The molecule has 0 saturated carbocycles. The highest BCUT2D eigenvalue weighted by Crippen LogP contribution is 2.37. The first-order chi connectivity index (χ1) is 10.1. The average Bonchev–Trinajstić information content (AvgIpc) is 2.45. The predicted octanol–water partition coefficient (Wildman–Crippen LogP) is 3.69. The second kappa shape index (κ2) is 6.03. The molecule has 0 spiro atoms. The van der Waals surface area contributed by atoms with Crippen LogP contribution in [-0.2, 0) is 0 Å².